The Kier molecular flexibility index (Phi) is 5.48. The first kappa shape index (κ1) is 14.2. The predicted octanol–water partition coefficient (Wildman–Crippen LogP) is 3.70. The Balaban J connectivity index is 2.54. The number of hydrogen-bond acceptors (Lipinski definition) is 2. The third kappa shape index (κ3) is 4.19. The van der Waals surface area contributed by atoms with E-state index in [4.69, 9.17) is 4.43 Å². The maximum atomic E-state index is 10.1. The SMILES string of the molecule is CC(C)[Si](C)(C)O[C@H]1CCCCCC[C@H]1O. The molecule has 16 heavy (non-hydrogen) atoms. The van der Waals surface area contributed by atoms with Gasteiger partial charge in [0.2, 0.25) is 0 Å². The monoisotopic (exact) mass is 244 g/mol. The highest BCUT2D eigenvalue weighted by Crippen LogP contribution is 2.28. The van der Waals surface area contributed by atoms with Crippen LogP contribution < -0.4 is 0 Å². The fourth-order valence-electron chi connectivity index (χ4n) is 2.09. The number of aliphatic hydroxyl groups excluding tert-OH is 1. The molecule has 0 spiro atoms. The molecule has 2 atom stereocenters. The molecule has 1 aliphatic carbocycles. The lowest BCUT2D eigenvalue weighted by atomic mass is 9.96. The highest BCUT2D eigenvalue weighted by molar-refractivity contribution is 6.72. The van der Waals surface area contributed by atoms with E-state index in [1.54, 1.807) is 0 Å². The fraction of sp³-hybridized carbons (Fsp3) is 1.00. The van der Waals surface area contributed by atoms with Crippen molar-refractivity contribution in [2.24, 2.45) is 0 Å². The maximum absolute atomic E-state index is 10.1. The molecule has 1 rings (SSSR count). The molecule has 0 bridgehead atoms. The minimum absolute atomic E-state index is 0.101. The average Bonchev–Trinajstić information content (AvgIpc) is 2.17. The van der Waals surface area contributed by atoms with Gasteiger partial charge in [0.25, 0.3) is 0 Å². The second kappa shape index (κ2) is 6.17. The van der Waals surface area contributed by atoms with Crippen LogP contribution >= 0.6 is 0 Å². The van der Waals surface area contributed by atoms with Crippen molar-refractivity contribution >= 4 is 8.32 Å². The average molecular weight is 244 g/mol. The molecule has 3 heteroatoms. The first-order chi connectivity index (χ1) is 7.43. The minimum atomic E-state index is -1.61. The Morgan fingerprint density at radius 3 is 2.19 bits per heavy atom. The van der Waals surface area contributed by atoms with Crippen LogP contribution in [0.3, 0.4) is 0 Å². The van der Waals surface area contributed by atoms with Gasteiger partial charge in [-0.05, 0) is 31.5 Å². The van der Waals surface area contributed by atoms with Crippen molar-refractivity contribution in [2.45, 2.75) is 83.2 Å². The lowest BCUT2D eigenvalue weighted by Crippen LogP contribution is -2.43. The van der Waals surface area contributed by atoms with Gasteiger partial charge >= 0.3 is 0 Å². The summed E-state index contributed by atoms with van der Waals surface area (Å²) >= 11 is 0. The van der Waals surface area contributed by atoms with Crippen molar-refractivity contribution in [3.8, 4) is 0 Å². The van der Waals surface area contributed by atoms with E-state index in [9.17, 15) is 5.11 Å². The Morgan fingerprint density at radius 1 is 1.06 bits per heavy atom. The molecule has 2 nitrogen and oxygen atoms in total. The molecule has 0 aromatic rings. The fourth-order valence-corrected chi connectivity index (χ4v) is 3.42. The van der Waals surface area contributed by atoms with Gasteiger partial charge in [-0.3, -0.25) is 0 Å². The van der Waals surface area contributed by atoms with Crippen molar-refractivity contribution in [1.82, 2.24) is 0 Å². The van der Waals surface area contributed by atoms with Crippen molar-refractivity contribution in [3.05, 3.63) is 0 Å². The molecule has 0 heterocycles. The van der Waals surface area contributed by atoms with E-state index in [-0.39, 0.29) is 12.2 Å². The predicted molar refractivity (Wildman–Crippen MR) is 71.2 cm³/mol. The van der Waals surface area contributed by atoms with Crippen LogP contribution in [0.5, 0.6) is 0 Å². The molecular formula is C13H28O2Si. The van der Waals surface area contributed by atoms with Crippen LogP contribution in [0.15, 0.2) is 0 Å². The van der Waals surface area contributed by atoms with Crippen LogP contribution in [-0.4, -0.2) is 25.6 Å². The lowest BCUT2D eigenvalue weighted by Gasteiger charge is -2.35. The van der Waals surface area contributed by atoms with Gasteiger partial charge in [-0.25, -0.2) is 0 Å². The molecule has 1 N–H and O–H groups in total. The summed E-state index contributed by atoms with van der Waals surface area (Å²) in [4.78, 5) is 0. The summed E-state index contributed by atoms with van der Waals surface area (Å²) in [5.41, 5.74) is 0.616. The van der Waals surface area contributed by atoms with Crippen molar-refractivity contribution in [2.75, 3.05) is 0 Å². The summed E-state index contributed by atoms with van der Waals surface area (Å²) in [5, 5.41) is 10.1. The molecular weight excluding hydrogens is 216 g/mol. The zero-order chi connectivity index (χ0) is 12.2. The van der Waals surface area contributed by atoms with Crippen LogP contribution in [0.4, 0.5) is 0 Å². The second-order valence-corrected chi connectivity index (χ2v) is 10.6. The molecule has 1 fully saturated rings. The molecule has 1 saturated carbocycles. The van der Waals surface area contributed by atoms with Gasteiger partial charge in [-0.15, -0.1) is 0 Å². The van der Waals surface area contributed by atoms with E-state index in [0.29, 0.717) is 5.54 Å². The zero-order valence-corrected chi connectivity index (χ0v) is 12.3. The molecule has 0 radical (unpaired) electrons. The molecule has 0 aromatic carbocycles. The highest BCUT2D eigenvalue weighted by atomic mass is 28.4. The summed E-state index contributed by atoms with van der Waals surface area (Å²) < 4.78 is 6.28. The van der Waals surface area contributed by atoms with E-state index < -0.39 is 8.32 Å². The van der Waals surface area contributed by atoms with Gasteiger partial charge in [0.1, 0.15) is 0 Å². The molecule has 0 aromatic heterocycles. The van der Waals surface area contributed by atoms with Gasteiger partial charge in [0.05, 0.1) is 12.2 Å². The minimum Gasteiger partial charge on any atom is -0.412 e. The maximum Gasteiger partial charge on any atom is 0.189 e. The van der Waals surface area contributed by atoms with Crippen molar-refractivity contribution in [3.63, 3.8) is 0 Å². The third-order valence-electron chi connectivity index (χ3n) is 4.01. The first-order valence-corrected chi connectivity index (χ1v) is 9.78. The van der Waals surface area contributed by atoms with E-state index in [1.807, 2.05) is 0 Å². The van der Waals surface area contributed by atoms with E-state index in [0.717, 1.165) is 19.3 Å². The van der Waals surface area contributed by atoms with Crippen LogP contribution in [0, 0.1) is 0 Å². The summed E-state index contributed by atoms with van der Waals surface area (Å²) in [6.07, 6.45) is 6.78. The molecule has 96 valence electrons. The first-order valence-electron chi connectivity index (χ1n) is 6.79. The smallest absolute Gasteiger partial charge is 0.189 e. The summed E-state index contributed by atoms with van der Waals surface area (Å²) in [6.45, 7) is 9.01. The van der Waals surface area contributed by atoms with Gasteiger partial charge in [0, 0.05) is 0 Å². The Hall–Kier alpha value is 0.137. The molecule has 0 amide bonds. The number of rotatable bonds is 3. The van der Waals surface area contributed by atoms with Crippen LogP contribution in [0.1, 0.15) is 52.4 Å². The Labute approximate surface area is 102 Å². The van der Waals surface area contributed by atoms with Crippen LogP contribution in [-0.2, 0) is 4.43 Å². The van der Waals surface area contributed by atoms with Gasteiger partial charge in [-0.1, -0.05) is 39.5 Å². The van der Waals surface area contributed by atoms with Crippen molar-refractivity contribution in [1.29, 1.82) is 0 Å². The summed E-state index contributed by atoms with van der Waals surface area (Å²) in [5.74, 6) is 0. The number of hydrogen-bond donors (Lipinski definition) is 1. The summed E-state index contributed by atoms with van der Waals surface area (Å²) in [6, 6.07) is 0. The normalized spacial score (nSPS) is 28.9. The van der Waals surface area contributed by atoms with E-state index >= 15 is 0 Å². The lowest BCUT2D eigenvalue weighted by molar-refractivity contribution is 0.0124. The Morgan fingerprint density at radius 2 is 1.62 bits per heavy atom. The number of aliphatic hydroxyl groups is 1. The van der Waals surface area contributed by atoms with Gasteiger partial charge in [-0.2, -0.15) is 0 Å². The molecule has 0 saturated heterocycles. The molecule has 0 unspecified atom stereocenters. The van der Waals surface area contributed by atoms with Crippen LogP contribution in [0.2, 0.25) is 18.6 Å². The highest BCUT2D eigenvalue weighted by Gasteiger charge is 2.33. The summed E-state index contributed by atoms with van der Waals surface area (Å²) in [7, 11) is -1.61. The second-order valence-electron chi connectivity index (χ2n) is 5.97. The topological polar surface area (TPSA) is 29.5 Å². The quantitative estimate of drug-likeness (QED) is 0.767. The van der Waals surface area contributed by atoms with Gasteiger partial charge in [0.15, 0.2) is 8.32 Å². The molecule has 1 aliphatic rings. The van der Waals surface area contributed by atoms with Crippen molar-refractivity contribution < 1.29 is 9.53 Å². The zero-order valence-electron chi connectivity index (χ0n) is 11.3. The van der Waals surface area contributed by atoms with E-state index in [2.05, 4.69) is 26.9 Å². The Bertz CT molecular complexity index is 204. The molecule has 0 aliphatic heterocycles. The largest absolute Gasteiger partial charge is 0.412 e. The van der Waals surface area contributed by atoms with Gasteiger partial charge < -0.3 is 9.53 Å². The van der Waals surface area contributed by atoms with Crippen LogP contribution in [0.25, 0.3) is 0 Å². The third-order valence-corrected chi connectivity index (χ3v) is 7.70. The standard InChI is InChI=1S/C13H28O2Si/c1-11(2)16(3,4)15-13-10-8-6-5-7-9-12(13)14/h11-14H,5-10H2,1-4H3/t12-,13+/m1/s1. The van der Waals surface area contributed by atoms with E-state index in [1.165, 1.54) is 19.3 Å².